The highest BCUT2D eigenvalue weighted by Gasteiger charge is 2.06. The Hall–Kier alpha value is -1.36. The monoisotopic (exact) mass is 256 g/mol. The van der Waals surface area contributed by atoms with Crippen LogP contribution in [-0.4, -0.2) is 28.5 Å². The van der Waals surface area contributed by atoms with Gasteiger partial charge in [-0.1, -0.05) is 18.5 Å². The van der Waals surface area contributed by atoms with Crippen LogP contribution in [0.2, 0.25) is 5.02 Å². The van der Waals surface area contributed by atoms with Crippen molar-refractivity contribution in [1.82, 2.24) is 15.3 Å². The van der Waals surface area contributed by atoms with Crippen LogP contribution in [0.1, 0.15) is 26.7 Å². The van der Waals surface area contributed by atoms with Gasteiger partial charge < -0.3 is 10.6 Å². The maximum Gasteiger partial charge on any atom is 0.221 e. The molecule has 2 N–H and O–H groups in total. The number of nitrogens with zero attached hydrogens (tertiary/aromatic N) is 2. The largest absolute Gasteiger partial charge is 0.368 e. The van der Waals surface area contributed by atoms with Crippen LogP contribution in [0.5, 0.6) is 0 Å². The Labute approximate surface area is 106 Å². The number of amides is 1. The second-order valence-electron chi connectivity index (χ2n) is 3.77. The first kappa shape index (κ1) is 13.7. The topological polar surface area (TPSA) is 66.9 Å². The molecule has 1 rings (SSSR count). The molecule has 0 aliphatic rings. The number of anilines is 1. The van der Waals surface area contributed by atoms with E-state index < -0.39 is 0 Å². The molecule has 0 spiro atoms. The van der Waals surface area contributed by atoms with Crippen LogP contribution in [0.3, 0.4) is 0 Å². The molecule has 0 bridgehead atoms. The second kappa shape index (κ2) is 7.06. The zero-order valence-electron chi connectivity index (χ0n) is 10.0. The predicted molar refractivity (Wildman–Crippen MR) is 68.0 cm³/mol. The first-order valence-corrected chi connectivity index (χ1v) is 6.00. The quantitative estimate of drug-likeness (QED) is 0.815. The van der Waals surface area contributed by atoms with Crippen molar-refractivity contribution in [3.05, 3.63) is 17.5 Å². The van der Waals surface area contributed by atoms with E-state index in [0.717, 1.165) is 6.42 Å². The Kier molecular flexibility index (Phi) is 5.69. The van der Waals surface area contributed by atoms with Gasteiger partial charge in [-0.3, -0.25) is 4.79 Å². The van der Waals surface area contributed by atoms with Gasteiger partial charge in [-0.2, -0.15) is 0 Å². The fourth-order valence-corrected chi connectivity index (χ4v) is 1.36. The van der Waals surface area contributed by atoms with Crippen LogP contribution in [0.4, 0.5) is 5.82 Å². The molecular weight excluding hydrogens is 240 g/mol. The van der Waals surface area contributed by atoms with E-state index in [1.807, 2.05) is 13.8 Å². The summed E-state index contributed by atoms with van der Waals surface area (Å²) in [5.41, 5.74) is 0. The number of aromatic nitrogens is 2. The Morgan fingerprint density at radius 1 is 1.59 bits per heavy atom. The highest BCUT2D eigenvalue weighted by Crippen LogP contribution is 2.15. The molecule has 1 heterocycles. The summed E-state index contributed by atoms with van der Waals surface area (Å²) in [6.07, 6.45) is 4.24. The standard InChI is InChI=1S/C11H17ClN4O/c1-3-8(2)16-10(17)4-5-14-11-9(12)6-13-7-15-11/h6-8H,3-5H2,1-2H3,(H,16,17)(H,13,14,15). The third kappa shape index (κ3) is 4.99. The van der Waals surface area contributed by atoms with Crippen LogP contribution in [-0.2, 0) is 4.79 Å². The van der Waals surface area contributed by atoms with Crippen molar-refractivity contribution in [3.8, 4) is 0 Å². The van der Waals surface area contributed by atoms with E-state index in [-0.39, 0.29) is 11.9 Å². The lowest BCUT2D eigenvalue weighted by Gasteiger charge is -2.11. The summed E-state index contributed by atoms with van der Waals surface area (Å²) in [5.74, 6) is 0.579. The molecule has 1 aromatic rings. The summed E-state index contributed by atoms with van der Waals surface area (Å²) >= 11 is 5.86. The molecule has 0 aliphatic carbocycles. The highest BCUT2D eigenvalue weighted by atomic mass is 35.5. The molecule has 1 unspecified atom stereocenters. The van der Waals surface area contributed by atoms with E-state index in [1.54, 1.807) is 0 Å². The van der Waals surface area contributed by atoms with Gasteiger partial charge in [0.05, 0.1) is 6.20 Å². The summed E-state index contributed by atoms with van der Waals surface area (Å²) in [6.45, 7) is 4.51. The third-order valence-corrected chi connectivity index (χ3v) is 2.61. The summed E-state index contributed by atoms with van der Waals surface area (Å²) in [6, 6.07) is 0.213. The number of hydrogen-bond acceptors (Lipinski definition) is 4. The minimum atomic E-state index is 0.0250. The number of rotatable bonds is 6. The molecule has 6 heteroatoms. The lowest BCUT2D eigenvalue weighted by Crippen LogP contribution is -2.33. The first-order valence-electron chi connectivity index (χ1n) is 5.62. The molecule has 0 radical (unpaired) electrons. The van der Waals surface area contributed by atoms with Crippen LogP contribution >= 0.6 is 11.6 Å². The van der Waals surface area contributed by atoms with Crippen LogP contribution in [0, 0.1) is 0 Å². The van der Waals surface area contributed by atoms with Crippen molar-refractivity contribution in [2.75, 3.05) is 11.9 Å². The molecule has 5 nitrogen and oxygen atoms in total. The number of halogens is 1. The summed E-state index contributed by atoms with van der Waals surface area (Å²) in [7, 11) is 0. The molecule has 94 valence electrons. The van der Waals surface area contributed by atoms with Crippen molar-refractivity contribution in [2.45, 2.75) is 32.7 Å². The predicted octanol–water partition coefficient (Wildman–Crippen LogP) is 1.85. The fraction of sp³-hybridized carbons (Fsp3) is 0.545. The van der Waals surface area contributed by atoms with Crippen LogP contribution in [0.25, 0.3) is 0 Å². The van der Waals surface area contributed by atoms with Crippen molar-refractivity contribution < 1.29 is 4.79 Å². The zero-order valence-corrected chi connectivity index (χ0v) is 10.8. The molecular formula is C11H17ClN4O. The minimum Gasteiger partial charge on any atom is -0.368 e. The normalized spacial score (nSPS) is 11.9. The van der Waals surface area contributed by atoms with Gasteiger partial charge in [-0.25, -0.2) is 9.97 Å². The first-order chi connectivity index (χ1) is 8.13. The Morgan fingerprint density at radius 3 is 3.00 bits per heavy atom. The van der Waals surface area contributed by atoms with Crippen LogP contribution < -0.4 is 10.6 Å². The Bertz CT molecular complexity index is 372. The number of hydrogen-bond donors (Lipinski definition) is 2. The Balaban J connectivity index is 2.29. The molecule has 0 aromatic carbocycles. The second-order valence-corrected chi connectivity index (χ2v) is 4.18. The van der Waals surface area contributed by atoms with Gasteiger partial charge in [-0.15, -0.1) is 0 Å². The molecule has 0 saturated carbocycles. The lowest BCUT2D eigenvalue weighted by atomic mass is 10.2. The SMILES string of the molecule is CCC(C)NC(=O)CCNc1ncncc1Cl. The van der Waals surface area contributed by atoms with Crippen molar-refractivity contribution in [2.24, 2.45) is 0 Å². The van der Waals surface area contributed by atoms with Crippen molar-refractivity contribution in [3.63, 3.8) is 0 Å². The average molecular weight is 257 g/mol. The lowest BCUT2D eigenvalue weighted by molar-refractivity contribution is -0.121. The van der Waals surface area contributed by atoms with E-state index in [9.17, 15) is 4.79 Å². The van der Waals surface area contributed by atoms with Gasteiger partial charge in [0.15, 0.2) is 0 Å². The summed E-state index contributed by atoms with van der Waals surface area (Å²) in [4.78, 5) is 19.2. The maximum atomic E-state index is 11.5. The maximum absolute atomic E-state index is 11.5. The van der Waals surface area contributed by atoms with Gasteiger partial charge >= 0.3 is 0 Å². The van der Waals surface area contributed by atoms with E-state index in [2.05, 4.69) is 20.6 Å². The summed E-state index contributed by atoms with van der Waals surface area (Å²) in [5, 5.41) is 6.33. The van der Waals surface area contributed by atoms with Crippen molar-refractivity contribution in [1.29, 1.82) is 0 Å². The van der Waals surface area contributed by atoms with E-state index in [4.69, 9.17) is 11.6 Å². The van der Waals surface area contributed by atoms with Gasteiger partial charge in [0.25, 0.3) is 0 Å². The van der Waals surface area contributed by atoms with Gasteiger partial charge in [0.1, 0.15) is 17.2 Å². The van der Waals surface area contributed by atoms with Gasteiger partial charge in [0.2, 0.25) is 5.91 Å². The number of carbonyl (C=O) groups excluding carboxylic acids is 1. The number of carbonyl (C=O) groups is 1. The summed E-state index contributed by atoms with van der Waals surface area (Å²) < 4.78 is 0. The molecule has 0 saturated heterocycles. The minimum absolute atomic E-state index is 0.0250. The fourth-order valence-electron chi connectivity index (χ4n) is 1.19. The molecule has 1 amide bonds. The van der Waals surface area contributed by atoms with Gasteiger partial charge in [0, 0.05) is 19.0 Å². The molecule has 1 atom stereocenters. The van der Waals surface area contributed by atoms with E-state index >= 15 is 0 Å². The zero-order chi connectivity index (χ0) is 12.7. The molecule has 0 aliphatic heterocycles. The Morgan fingerprint density at radius 2 is 2.35 bits per heavy atom. The average Bonchev–Trinajstić information content (AvgIpc) is 2.31. The number of nitrogens with one attached hydrogen (secondary N) is 2. The highest BCUT2D eigenvalue weighted by molar-refractivity contribution is 6.32. The van der Waals surface area contributed by atoms with E-state index in [0.29, 0.717) is 23.8 Å². The van der Waals surface area contributed by atoms with Crippen LogP contribution in [0.15, 0.2) is 12.5 Å². The molecule has 17 heavy (non-hydrogen) atoms. The van der Waals surface area contributed by atoms with E-state index in [1.165, 1.54) is 12.5 Å². The van der Waals surface area contributed by atoms with Crippen molar-refractivity contribution >= 4 is 23.3 Å². The van der Waals surface area contributed by atoms with Gasteiger partial charge in [-0.05, 0) is 13.3 Å². The molecule has 0 fully saturated rings. The third-order valence-electron chi connectivity index (χ3n) is 2.33. The smallest absolute Gasteiger partial charge is 0.221 e. The molecule has 1 aromatic heterocycles.